The van der Waals surface area contributed by atoms with E-state index in [9.17, 15) is 0 Å². The molecule has 2 rings (SSSR count). The summed E-state index contributed by atoms with van der Waals surface area (Å²) in [4.78, 5) is 9.19. The van der Waals surface area contributed by atoms with Gasteiger partial charge in [-0.2, -0.15) is 0 Å². The first-order valence-corrected chi connectivity index (χ1v) is 7.42. The van der Waals surface area contributed by atoms with E-state index in [1.807, 2.05) is 18.2 Å². The number of hydrogen-bond donors (Lipinski definition) is 1. The number of anilines is 1. The molecule has 0 fully saturated rings. The van der Waals surface area contributed by atoms with E-state index in [4.69, 9.17) is 10.7 Å². The van der Waals surface area contributed by atoms with Crippen LogP contribution in [0.1, 0.15) is 37.9 Å². The maximum Gasteiger partial charge on any atom is 0.141 e. The number of halogens is 1. The normalized spacial score (nSPS) is 11.6. The third-order valence-corrected chi connectivity index (χ3v) is 4.51. The Morgan fingerprint density at radius 3 is 2.37 bits per heavy atom. The Hall–Kier alpha value is -1.17. The molecule has 0 spiro atoms. The molecule has 1 heterocycles. The Morgan fingerprint density at radius 1 is 1.16 bits per heavy atom. The highest BCUT2D eigenvalue weighted by molar-refractivity contribution is 14.1. The van der Waals surface area contributed by atoms with Crippen LogP contribution in [0.3, 0.4) is 0 Å². The number of rotatable bonds is 3. The Labute approximate surface area is 127 Å². The van der Waals surface area contributed by atoms with Crippen LogP contribution < -0.4 is 5.73 Å². The van der Waals surface area contributed by atoms with Crippen molar-refractivity contribution < 1.29 is 0 Å². The molecule has 0 amide bonds. The number of nitrogen functional groups attached to an aromatic ring is 1. The van der Waals surface area contributed by atoms with E-state index in [0.29, 0.717) is 5.82 Å². The highest BCUT2D eigenvalue weighted by Crippen LogP contribution is 2.30. The Balaban J connectivity index is 2.55. The molecule has 0 unspecified atom stereocenters. The third-order valence-electron chi connectivity index (χ3n) is 3.33. The summed E-state index contributed by atoms with van der Waals surface area (Å²) >= 11 is 2.21. The first-order chi connectivity index (χ1) is 8.96. The van der Waals surface area contributed by atoms with Gasteiger partial charge < -0.3 is 5.73 Å². The van der Waals surface area contributed by atoms with Crippen LogP contribution in [-0.2, 0) is 11.8 Å². The van der Waals surface area contributed by atoms with Gasteiger partial charge in [-0.25, -0.2) is 9.97 Å². The molecule has 0 aliphatic heterocycles. The van der Waals surface area contributed by atoms with Gasteiger partial charge in [0, 0.05) is 5.41 Å². The topological polar surface area (TPSA) is 51.8 Å². The van der Waals surface area contributed by atoms with Crippen LogP contribution in [0.4, 0.5) is 5.82 Å². The maximum atomic E-state index is 6.01. The van der Waals surface area contributed by atoms with E-state index >= 15 is 0 Å². The SMILES string of the molecule is CCc1nc(C(C)(C)c2ccccc2)nc(N)c1I. The number of aryl methyl sites for hydroxylation is 1. The molecule has 19 heavy (non-hydrogen) atoms. The highest BCUT2D eigenvalue weighted by atomic mass is 127. The lowest BCUT2D eigenvalue weighted by atomic mass is 9.83. The molecule has 0 atom stereocenters. The minimum Gasteiger partial charge on any atom is -0.383 e. The van der Waals surface area contributed by atoms with Crippen molar-refractivity contribution in [2.45, 2.75) is 32.6 Å². The molecule has 0 aliphatic rings. The molecule has 1 aromatic heterocycles. The van der Waals surface area contributed by atoms with Crippen molar-refractivity contribution in [2.24, 2.45) is 0 Å². The largest absolute Gasteiger partial charge is 0.383 e. The first kappa shape index (κ1) is 14.2. The van der Waals surface area contributed by atoms with Gasteiger partial charge in [-0.05, 0) is 48.4 Å². The molecule has 2 N–H and O–H groups in total. The van der Waals surface area contributed by atoms with Crippen LogP contribution in [-0.4, -0.2) is 9.97 Å². The molecule has 0 bridgehead atoms. The van der Waals surface area contributed by atoms with Gasteiger partial charge in [-0.1, -0.05) is 37.3 Å². The summed E-state index contributed by atoms with van der Waals surface area (Å²) in [6.07, 6.45) is 0.864. The fraction of sp³-hybridized carbons (Fsp3) is 0.333. The average Bonchev–Trinajstić information content (AvgIpc) is 2.42. The monoisotopic (exact) mass is 367 g/mol. The molecule has 0 saturated carbocycles. The lowest BCUT2D eigenvalue weighted by molar-refractivity contribution is 0.586. The Bertz CT molecular complexity index is 579. The molecule has 3 nitrogen and oxygen atoms in total. The van der Waals surface area contributed by atoms with Crippen molar-refractivity contribution in [1.29, 1.82) is 0 Å². The van der Waals surface area contributed by atoms with Gasteiger partial charge in [0.05, 0.1) is 9.26 Å². The first-order valence-electron chi connectivity index (χ1n) is 6.34. The van der Waals surface area contributed by atoms with Gasteiger partial charge >= 0.3 is 0 Å². The smallest absolute Gasteiger partial charge is 0.141 e. The quantitative estimate of drug-likeness (QED) is 0.845. The van der Waals surface area contributed by atoms with Gasteiger partial charge in [0.15, 0.2) is 0 Å². The van der Waals surface area contributed by atoms with Crippen LogP contribution in [0, 0.1) is 3.57 Å². The van der Waals surface area contributed by atoms with Crippen LogP contribution in [0.25, 0.3) is 0 Å². The molecule has 4 heteroatoms. The Morgan fingerprint density at radius 2 is 1.79 bits per heavy atom. The van der Waals surface area contributed by atoms with Crippen LogP contribution in [0.15, 0.2) is 30.3 Å². The summed E-state index contributed by atoms with van der Waals surface area (Å²) in [5.41, 5.74) is 7.98. The van der Waals surface area contributed by atoms with Crippen molar-refractivity contribution >= 4 is 28.4 Å². The minimum atomic E-state index is -0.246. The summed E-state index contributed by atoms with van der Waals surface area (Å²) in [5.74, 6) is 1.36. The fourth-order valence-electron chi connectivity index (χ4n) is 2.01. The molecule has 0 saturated heterocycles. The maximum absolute atomic E-state index is 6.01. The Kier molecular flexibility index (Phi) is 4.08. The molecule has 100 valence electrons. The zero-order chi connectivity index (χ0) is 14.0. The van der Waals surface area contributed by atoms with E-state index in [1.165, 1.54) is 5.56 Å². The summed E-state index contributed by atoms with van der Waals surface area (Å²) < 4.78 is 0.965. The summed E-state index contributed by atoms with van der Waals surface area (Å²) in [7, 11) is 0. The lowest BCUT2D eigenvalue weighted by Gasteiger charge is -2.24. The predicted molar refractivity (Wildman–Crippen MR) is 87.1 cm³/mol. The number of aromatic nitrogens is 2. The van der Waals surface area contributed by atoms with E-state index in [2.05, 4.69) is 60.5 Å². The van der Waals surface area contributed by atoms with Crippen molar-refractivity contribution in [3.63, 3.8) is 0 Å². The van der Waals surface area contributed by atoms with E-state index in [1.54, 1.807) is 0 Å². The second-order valence-corrected chi connectivity index (χ2v) is 6.12. The van der Waals surface area contributed by atoms with Crippen LogP contribution in [0.5, 0.6) is 0 Å². The van der Waals surface area contributed by atoms with Gasteiger partial charge in [0.2, 0.25) is 0 Å². The van der Waals surface area contributed by atoms with Crippen molar-refractivity contribution in [1.82, 2.24) is 9.97 Å². The molecule has 1 aromatic carbocycles. The number of nitrogens with two attached hydrogens (primary N) is 1. The zero-order valence-corrected chi connectivity index (χ0v) is 13.6. The molecular formula is C15H18IN3. The number of nitrogens with zero attached hydrogens (tertiary/aromatic N) is 2. The lowest BCUT2D eigenvalue weighted by Crippen LogP contribution is -2.24. The zero-order valence-electron chi connectivity index (χ0n) is 11.4. The van der Waals surface area contributed by atoms with Crippen LogP contribution >= 0.6 is 22.6 Å². The van der Waals surface area contributed by atoms with Gasteiger partial charge in [-0.3, -0.25) is 0 Å². The van der Waals surface area contributed by atoms with Crippen molar-refractivity contribution in [2.75, 3.05) is 5.73 Å². The summed E-state index contributed by atoms with van der Waals surface area (Å²) in [6, 6.07) is 10.3. The van der Waals surface area contributed by atoms with E-state index in [0.717, 1.165) is 21.5 Å². The fourth-order valence-corrected chi connectivity index (χ4v) is 2.63. The second kappa shape index (κ2) is 5.45. The van der Waals surface area contributed by atoms with Crippen molar-refractivity contribution in [3.8, 4) is 0 Å². The van der Waals surface area contributed by atoms with Crippen LogP contribution in [0.2, 0.25) is 0 Å². The van der Waals surface area contributed by atoms with E-state index in [-0.39, 0.29) is 5.41 Å². The standard InChI is InChI=1S/C15H18IN3/c1-4-11-12(16)13(17)19-14(18-11)15(2,3)10-8-6-5-7-9-10/h5-9H,4H2,1-3H3,(H2,17,18,19). The number of hydrogen-bond acceptors (Lipinski definition) is 3. The average molecular weight is 367 g/mol. The summed E-state index contributed by atoms with van der Waals surface area (Å²) in [6.45, 7) is 6.34. The molecule has 0 radical (unpaired) electrons. The summed E-state index contributed by atoms with van der Waals surface area (Å²) in [5, 5.41) is 0. The predicted octanol–water partition coefficient (Wildman–Crippen LogP) is 3.55. The molecular weight excluding hydrogens is 349 g/mol. The molecule has 2 aromatic rings. The highest BCUT2D eigenvalue weighted by Gasteiger charge is 2.27. The third kappa shape index (κ3) is 2.73. The van der Waals surface area contributed by atoms with Gasteiger partial charge in [0.25, 0.3) is 0 Å². The number of benzene rings is 1. The second-order valence-electron chi connectivity index (χ2n) is 5.04. The van der Waals surface area contributed by atoms with Gasteiger partial charge in [0.1, 0.15) is 11.6 Å². The molecule has 0 aliphatic carbocycles. The van der Waals surface area contributed by atoms with E-state index < -0.39 is 0 Å². The van der Waals surface area contributed by atoms with Gasteiger partial charge in [-0.15, -0.1) is 0 Å². The van der Waals surface area contributed by atoms with Crippen molar-refractivity contribution in [3.05, 3.63) is 51.0 Å². The minimum absolute atomic E-state index is 0.246.